The number of hydrogen-bond donors (Lipinski definition) is 2. The number of rotatable bonds is 18. The van der Waals surface area contributed by atoms with Crippen LogP contribution in [0.1, 0.15) is 78.6 Å². The van der Waals surface area contributed by atoms with E-state index in [1.165, 1.54) is 0 Å². The van der Waals surface area contributed by atoms with Crippen molar-refractivity contribution in [1.82, 2.24) is 15.1 Å². The van der Waals surface area contributed by atoms with Crippen molar-refractivity contribution in [3.63, 3.8) is 0 Å². The number of nitrogens with zero attached hydrogens (tertiary/aromatic N) is 2. The minimum Gasteiger partial charge on any atom is -0.460 e. The Hall–Kier alpha value is -2.72. The first kappa shape index (κ1) is 32.8. The summed E-state index contributed by atoms with van der Waals surface area (Å²) >= 11 is 0. The minimum atomic E-state index is -1.09. The molecule has 0 aromatic heterocycles. The van der Waals surface area contributed by atoms with Crippen molar-refractivity contribution >= 4 is 23.7 Å². The highest BCUT2D eigenvalue weighted by Crippen LogP contribution is 2.59. The summed E-state index contributed by atoms with van der Waals surface area (Å²) in [5, 5.41) is 12.0. The molecule has 1 spiro atoms. The van der Waals surface area contributed by atoms with Gasteiger partial charge in [0.05, 0.1) is 24.5 Å². The van der Waals surface area contributed by atoms with Crippen LogP contribution in [0.5, 0.6) is 0 Å². The third-order valence-electron chi connectivity index (χ3n) is 8.69. The molecule has 41 heavy (non-hydrogen) atoms. The summed E-state index contributed by atoms with van der Waals surface area (Å²) in [5.74, 6) is -2.72. The van der Waals surface area contributed by atoms with Crippen LogP contribution >= 0.6 is 0 Å². The number of unbranched alkanes of at least 4 members (excludes halogenated alkanes) is 2. The van der Waals surface area contributed by atoms with Gasteiger partial charge in [-0.2, -0.15) is 0 Å². The van der Waals surface area contributed by atoms with Gasteiger partial charge in [0.1, 0.15) is 17.7 Å². The first-order valence-electron chi connectivity index (χ1n) is 15.2. The molecule has 3 aliphatic rings. The zero-order valence-corrected chi connectivity index (χ0v) is 25.0. The lowest BCUT2D eigenvalue weighted by molar-refractivity contribution is -0.159. The van der Waals surface area contributed by atoms with Crippen LogP contribution in [0.2, 0.25) is 0 Å². The van der Waals surface area contributed by atoms with Gasteiger partial charge in [-0.1, -0.05) is 25.5 Å². The van der Waals surface area contributed by atoms with E-state index in [9.17, 15) is 24.3 Å². The second kappa shape index (κ2) is 15.0. The molecule has 7 atom stereocenters. The first-order chi connectivity index (χ1) is 19.7. The van der Waals surface area contributed by atoms with E-state index in [2.05, 4.69) is 25.4 Å². The lowest BCUT2D eigenvalue weighted by Gasteiger charge is -2.39. The maximum absolute atomic E-state index is 14.3. The topological polar surface area (TPSA) is 125 Å². The van der Waals surface area contributed by atoms with Crippen LogP contribution in [0.3, 0.4) is 0 Å². The fourth-order valence-corrected chi connectivity index (χ4v) is 6.77. The average molecular weight is 576 g/mol. The number of carbonyl (C=O) groups excluding carboxylic acids is 4. The molecule has 3 fully saturated rings. The van der Waals surface area contributed by atoms with E-state index in [0.29, 0.717) is 58.0 Å². The van der Waals surface area contributed by atoms with Crippen LogP contribution in [0.25, 0.3) is 0 Å². The summed E-state index contributed by atoms with van der Waals surface area (Å²) in [6, 6.07) is -0.882. The molecule has 3 saturated heterocycles. The molecule has 0 saturated carbocycles. The molecule has 10 nitrogen and oxygen atoms in total. The predicted octanol–water partition coefficient (Wildman–Crippen LogP) is 2.74. The summed E-state index contributed by atoms with van der Waals surface area (Å²) in [6.45, 7) is 14.2. The number of nitrogens with one attached hydrogen (secondary N) is 1. The highest BCUT2D eigenvalue weighted by atomic mass is 16.6. The SMILES string of the molecule is C=CCCC(=O)NC[C@H](C)OC(=O)[C@@H]1[C@H]2C(=O)N(CCCCCO)[C@H](C(=O)N(CC=C)C(C)CCC)[C@]23CC[C@H]1O3. The van der Waals surface area contributed by atoms with Crippen LogP contribution in [0.15, 0.2) is 25.3 Å². The summed E-state index contributed by atoms with van der Waals surface area (Å²) in [6.07, 6.45) is 7.90. The largest absolute Gasteiger partial charge is 0.460 e. The number of allylic oxidation sites excluding steroid dienone is 1. The summed E-state index contributed by atoms with van der Waals surface area (Å²) in [7, 11) is 0. The van der Waals surface area contributed by atoms with Crippen molar-refractivity contribution in [2.45, 2.75) is 108 Å². The molecule has 0 radical (unpaired) electrons. The molecule has 1 unspecified atom stereocenters. The van der Waals surface area contributed by atoms with Gasteiger partial charge in [0.15, 0.2) is 0 Å². The van der Waals surface area contributed by atoms with E-state index in [4.69, 9.17) is 9.47 Å². The number of amides is 3. The van der Waals surface area contributed by atoms with Gasteiger partial charge in [0.25, 0.3) is 0 Å². The Morgan fingerprint density at radius 1 is 1.24 bits per heavy atom. The van der Waals surface area contributed by atoms with Gasteiger partial charge >= 0.3 is 5.97 Å². The molecule has 0 aliphatic carbocycles. The lowest BCUT2D eigenvalue weighted by atomic mass is 9.70. The lowest BCUT2D eigenvalue weighted by Crippen LogP contribution is -2.57. The number of aliphatic hydroxyl groups excluding tert-OH is 1. The fourth-order valence-electron chi connectivity index (χ4n) is 6.77. The second-order valence-corrected chi connectivity index (χ2v) is 11.7. The fraction of sp³-hybridized carbons (Fsp3) is 0.742. The molecule has 0 aromatic rings. The standard InChI is InChI=1S/C31H49N3O7/c1-6-9-14-24(36)32-20-22(5)40-30(39)25-23-15-16-31(41-23)26(25)28(37)34(18-11-10-12-19-35)27(31)29(38)33(17-8-3)21(4)13-7-2/h6,8,21-23,25-27,35H,1,3,7,9-20H2,2,4-5H3,(H,32,36)/t21?,22-,23+,25-,26-,27+,31-/m0/s1. The molecule has 3 amide bonds. The maximum atomic E-state index is 14.3. The van der Waals surface area contributed by atoms with Crippen molar-refractivity contribution in [3.8, 4) is 0 Å². The number of carbonyl (C=O) groups is 4. The number of likely N-dealkylation sites (tertiary alicyclic amines) is 1. The number of aliphatic hydroxyl groups is 1. The van der Waals surface area contributed by atoms with Crippen molar-refractivity contribution < 1.29 is 33.8 Å². The van der Waals surface area contributed by atoms with E-state index in [1.54, 1.807) is 28.9 Å². The molecular formula is C31H49N3O7. The van der Waals surface area contributed by atoms with Crippen LogP contribution in [-0.2, 0) is 28.7 Å². The van der Waals surface area contributed by atoms with Gasteiger partial charge in [-0.05, 0) is 58.8 Å². The number of esters is 1. The maximum Gasteiger partial charge on any atom is 0.312 e. The molecule has 0 aromatic carbocycles. The normalized spacial score (nSPS) is 27.7. The summed E-state index contributed by atoms with van der Waals surface area (Å²) < 4.78 is 12.3. The molecule has 3 aliphatic heterocycles. The van der Waals surface area contributed by atoms with Crippen molar-refractivity contribution in [2.75, 3.05) is 26.2 Å². The Morgan fingerprint density at radius 3 is 2.66 bits per heavy atom. The van der Waals surface area contributed by atoms with E-state index in [1.807, 2.05) is 6.92 Å². The van der Waals surface area contributed by atoms with Gasteiger partial charge in [0, 0.05) is 32.2 Å². The van der Waals surface area contributed by atoms with Crippen LogP contribution in [-0.4, -0.2) is 94.7 Å². The Morgan fingerprint density at radius 2 is 2.00 bits per heavy atom. The van der Waals surface area contributed by atoms with E-state index < -0.39 is 41.7 Å². The van der Waals surface area contributed by atoms with Gasteiger partial charge in [-0.3, -0.25) is 19.2 Å². The summed E-state index contributed by atoms with van der Waals surface area (Å²) in [5.41, 5.74) is -1.09. The monoisotopic (exact) mass is 575 g/mol. The molecule has 230 valence electrons. The van der Waals surface area contributed by atoms with E-state index >= 15 is 0 Å². The minimum absolute atomic E-state index is 0.0470. The second-order valence-electron chi connectivity index (χ2n) is 11.7. The number of ether oxygens (including phenoxy) is 2. The highest BCUT2D eigenvalue weighted by Gasteiger charge is 2.75. The molecule has 3 rings (SSSR count). The third kappa shape index (κ3) is 7.02. The smallest absolute Gasteiger partial charge is 0.312 e. The quantitative estimate of drug-likeness (QED) is 0.146. The number of fused-ring (bicyclic) bond motifs is 1. The molecule has 2 bridgehead atoms. The van der Waals surface area contributed by atoms with Gasteiger partial charge in [-0.15, -0.1) is 13.2 Å². The van der Waals surface area contributed by atoms with Crippen LogP contribution in [0, 0.1) is 11.8 Å². The van der Waals surface area contributed by atoms with Crippen molar-refractivity contribution in [1.29, 1.82) is 0 Å². The van der Waals surface area contributed by atoms with Crippen LogP contribution in [0.4, 0.5) is 0 Å². The zero-order chi connectivity index (χ0) is 30.2. The Kier molecular flexibility index (Phi) is 12.0. The van der Waals surface area contributed by atoms with E-state index in [-0.39, 0.29) is 36.9 Å². The molecular weight excluding hydrogens is 526 g/mol. The predicted molar refractivity (Wildman–Crippen MR) is 155 cm³/mol. The first-order valence-corrected chi connectivity index (χ1v) is 15.2. The Balaban J connectivity index is 1.84. The van der Waals surface area contributed by atoms with Gasteiger partial charge in [-0.25, -0.2) is 0 Å². The zero-order valence-electron chi connectivity index (χ0n) is 25.0. The summed E-state index contributed by atoms with van der Waals surface area (Å²) in [4.78, 5) is 57.3. The molecule has 10 heteroatoms. The van der Waals surface area contributed by atoms with Crippen LogP contribution < -0.4 is 5.32 Å². The van der Waals surface area contributed by atoms with Crippen molar-refractivity contribution in [2.24, 2.45) is 11.8 Å². The average Bonchev–Trinajstić information content (AvgIpc) is 3.58. The van der Waals surface area contributed by atoms with Crippen molar-refractivity contribution in [3.05, 3.63) is 25.3 Å². The number of hydrogen-bond acceptors (Lipinski definition) is 7. The third-order valence-corrected chi connectivity index (χ3v) is 8.69. The Bertz CT molecular complexity index is 971. The molecule has 2 N–H and O–H groups in total. The van der Waals surface area contributed by atoms with Gasteiger partial charge < -0.3 is 29.7 Å². The highest BCUT2D eigenvalue weighted by molar-refractivity contribution is 5.98. The Labute approximate surface area is 244 Å². The van der Waals surface area contributed by atoms with Gasteiger partial charge in [0.2, 0.25) is 17.7 Å². The molecule has 3 heterocycles. The van der Waals surface area contributed by atoms with E-state index in [0.717, 1.165) is 12.8 Å².